The molecule has 0 aliphatic carbocycles. The first kappa shape index (κ1) is 11.6. The zero-order valence-corrected chi connectivity index (χ0v) is 8.66. The lowest BCUT2D eigenvalue weighted by Crippen LogP contribution is -2.21. The van der Waals surface area contributed by atoms with Crippen LogP contribution >= 0.6 is 0 Å². The van der Waals surface area contributed by atoms with Crippen LogP contribution in [0.2, 0.25) is 0 Å². The summed E-state index contributed by atoms with van der Waals surface area (Å²) in [6.07, 6.45) is 0. The fraction of sp³-hybridized carbons (Fsp3) is 0.400. The summed E-state index contributed by atoms with van der Waals surface area (Å²) in [6.45, 7) is 4.33. The molecule has 0 bridgehead atoms. The third-order valence-corrected chi connectivity index (χ3v) is 1.87. The highest BCUT2D eigenvalue weighted by Gasteiger charge is 2.09. The Labute approximate surface area is 87.3 Å². The number of rotatable bonds is 4. The molecular formula is C10H13FN2O2. The molecule has 4 nitrogen and oxygen atoms in total. The van der Waals surface area contributed by atoms with Gasteiger partial charge >= 0.3 is 0 Å². The van der Waals surface area contributed by atoms with Gasteiger partial charge in [0.15, 0.2) is 0 Å². The number of benzene rings is 1. The quantitative estimate of drug-likeness (QED) is 0.615. The van der Waals surface area contributed by atoms with Crippen molar-refractivity contribution in [2.45, 2.75) is 26.4 Å². The summed E-state index contributed by atoms with van der Waals surface area (Å²) in [7, 11) is 0. The van der Waals surface area contributed by atoms with Crippen molar-refractivity contribution in [3.8, 4) is 0 Å². The maximum Gasteiger partial charge on any atom is 0.272 e. The molecule has 0 amide bonds. The van der Waals surface area contributed by atoms with E-state index in [-0.39, 0.29) is 11.7 Å². The number of hydrogen-bond donors (Lipinski definition) is 1. The van der Waals surface area contributed by atoms with E-state index < -0.39 is 10.7 Å². The number of non-ortho nitro benzene ring substituents is 1. The van der Waals surface area contributed by atoms with Crippen molar-refractivity contribution in [2.75, 3.05) is 0 Å². The molecule has 0 heterocycles. The van der Waals surface area contributed by atoms with Crippen molar-refractivity contribution >= 4 is 5.69 Å². The average molecular weight is 212 g/mol. The number of nitro groups is 1. The Hall–Kier alpha value is -1.49. The van der Waals surface area contributed by atoms with E-state index in [4.69, 9.17) is 0 Å². The maximum atomic E-state index is 13.0. The van der Waals surface area contributed by atoms with Crippen LogP contribution < -0.4 is 5.32 Å². The van der Waals surface area contributed by atoms with Gasteiger partial charge in [-0.15, -0.1) is 0 Å². The van der Waals surface area contributed by atoms with Crippen molar-refractivity contribution in [2.24, 2.45) is 0 Å². The summed E-state index contributed by atoms with van der Waals surface area (Å²) in [6, 6.07) is 3.84. The van der Waals surface area contributed by atoms with Crippen molar-refractivity contribution < 1.29 is 9.31 Å². The molecule has 0 aromatic heterocycles. The molecule has 0 saturated carbocycles. The van der Waals surface area contributed by atoms with Crippen LogP contribution in [-0.2, 0) is 6.54 Å². The van der Waals surface area contributed by atoms with Gasteiger partial charge in [0, 0.05) is 18.7 Å². The highest BCUT2D eigenvalue weighted by Crippen LogP contribution is 2.16. The Morgan fingerprint density at radius 2 is 2.13 bits per heavy atom. The fourth-order valence-electron chi connectivity index (χ4n) is 1.16. The highest BCUT2D eigenvalue weighted by atomic mass is 19.1. The zero-order chi connectivity index (χ0) is 11.4. The van der Waals surface area contributed by atoms with E-state index >= 15 is 0 Å². The SMILES string of the molecule is CC(C)NCc1cc(F)cc([N+](=O)[O-])c1. The van der Waals surface area contributed by atoms with E-state index in [9.17, 15) is 14.5 Å². The van der Waals surface area contributed by atoms with Gasteiger partial charge in [0.1, 0.15) is 5.82 Å². The number of nitrogens with zero attached hydrogens (tertiary/aromatic N) is 1. The largest absolute Gasteiger partial charge is 0.310 e. The molecule has 0 aliphatic rings. The normalized spacial score (nSPS) is 10.7. The van der Waals surface area contributed by atoms with Gasteiger partial charge in [0.2, 0.25) is 0 Å². The van der Waals surface area contributed by atoms with Gasteiger partial charge in [-0.05, 0) is 11.6 Å². The minimum Gasteiger partial charge on any atom is -0.310 e. The van der Waals surface area contributed by atoms with Crippen molar-refractivity contribution in [1.82, 2.24) is 5.32 Å². The van der Waals surface area contributed by atoms with Gasteiger partial charge in [0.25, 0.3) is 5.69 Å². The summed E-state index contributed by atoms with van der Waals surface area (Å²) in [5.41, 5.74) is 0.367. The van der Waals surface area contributed by atoms with Crippen LogP contribution in [0, 0.1) is 15.9 Å². The van der Waals surface area contributed by atoms with Gasteiger partial charge < -0.3 is 5.32 Å². The molecule has 0 spiro atoms. The van der Waals surface area contributed by atoms with E-state index in [1.54, 1.807) is 0 Å². The zero-order valence-electron chi connectivity index (χ0n) is 8.66. The van der Waals surface area contributed by atoms with Crippen molar-refractivity contribution in [3.05, 3.63) is 39.7 Å². The molecular weight excluding hydrogens is 199 g/mol. The minimum atomic E-state index is -0.595. The van der Waals surface area contributed by atoms with E-state index in [2.05, 4.69) is 5.32 Å². The predicted molar refractivity (Wildman–Crippen MR) is 55.0 cm³/mol. The molecule has 1 aromatic carbocycles. The van der Waals surface area contributed by atoms with Crippen LogP contribution in [0.25, 0.3) is 0 Å². The Kier molecular flexibility index (Phi) is 3.74. The molecule has 5 heteroatoms. The third-order valence-electron chi connectivity index (χ3n) is 1.87. The smallest absolute Gasteiger partial charge is 0.272 e. The second kappa shape index (κ2) is 4.84. The third kappa shape index (κ3) is 3.63. The van der Waals surface area contributed by atoms with Crippen LogP contribution in [-0.4, -0.2) is 11.0 Å². The Morgan fingerprint density at radius 1 is 1.47 bits per heavy atom. The molecule has 82 valence electrons. The fourth-order valence-corrected chi connectivity index (χ4v) is 1.16. The van der Waals surface area contributed by atoms with Crippen LogP contribution in [0.3, 0.4) is 0 Å². The van der Waals surface area contributed by atoms with Gasteiger partial charge in [-0.25, -0.2) is 4.39 Å². The first-order chi connectivity index (χ1) is 6.99. The van der Waals surface area contributed by atoms with Crippen LogP contribution in [0.1, 0.15) is 19.4 Å². The van der Waals surface area contributed by atoms with E-state index in [0.29, 0.717) is 12.1 Å². The number of nitro benzene ring substituents is 1. The van der Waals surface area contributed by atoms with E-state index in [1.807, 2.05) is 13.8 Å². The number of hydrogen-bond acceptors (Lipinski definition) is 3. The molecule has 0 fully saturated rings. The van der Waals surface area contributed by atoms with Gasteiger partial charge in [-0.2, -0.15) is 0 Å². The highest BCUT2D eigenvalue weighted by molar-refractivity contribution is 5.35. The molecule has 1 rings (SSSR count). The average Bonchev–Trinajstić information content (AvgIpc) is 2.13. The molecule has 0 atom stereocenters. The van der Waals surface area contributed by atoms with E-state index in [1.165, 1.54) is 12.1 Å². The Morgan fingerprint density at radius 3 is 2.67 bits per heavy atom. The number of halogens is 1. The lowest BCUT2D eigenvalue weighted by molar-refractivity contribution is -0.385. The molecule has 0 unspecified atom stereocenters. The lowest BCUT2D eigenvalue weighted by Gasteiger charge is -2.07. The monoisotopic (exact) mass is 212 g/mol. The Balaban J connectivity index is 2.84. The molecule has 0 radical (unpaired) electrons. The molecule has 1 N–H and O–H groups in total. The van der Waals surface area contributed by atoms with Crippen molar-refractivity contribution in [1.29, 1.82) is 0 Å². The molecule has 15 heavy (non-hydrogen) atoms. The van der Waals surface area contributed by atoms with Crippen LogP contribution in [0.4, 0.5) is 10.1 Å². The first-order valence-electron chi connectivity index (χ1n) is 4.66. The summed E-state index contributed by atoms with van der Waals surface area (Å²) in [5.74, 6) is -0.579. The lowest BCUT2D eigenvalue weighted by atomic mass is 10.2. The predicted octanol–water partition coefficient (Wildman–Crippen LogP) is 2.23. The second-order valence-corrected chi connectivity index (χ2v) is 3.61. The van der Waals surface area contributed by atoms with Gasteiger partial charge in [-0.1, -0.05) is 13.8 Å². The molecule has 0 saturated heterocycles. The van der Waals surface area contributed by atoms with Gasteiger partial charge in [-0.3, -0.25) is 10.1 Å². The Bertz CT molecular complexity index is 366. The number of nitrogens with one attached hydrogen (secondary N) is 1. The summed E-state index contributed by atoms with van der Waals surface area (Å²) in [5, 5.41) is 13.5. The van der Waals surface area contributed by atoms with Crippen LogP contribution in [0.5, 0.6) is 0 Å². The second-order valence-electron chi connectivity index (χ2n) is 3.61. The first-order valence-corrected chi connectivity index (χ1v) is 4.66. The summed E-state index contributed by atoms with van der Waals surface area (Å²) < 4.78 is 13.0. The molecule has 0 aliphatic heterocycles. The standard InChI is InChI=1S/C10H13FN2O2/c1-7(2)12-6-8-3-9(11)5-10(4-8)13(14)15/h3-5,7,12H,6H2,1-2H3. The van der Waals surface area contributed by atoms with Crippen LogP contribution in [0.15, 0.2) is 18.2 Å². The molecule has 1 aromatic rings. The van der Waals surface area contributed by atoms with Crippen molar-refractivity contribution in [3.63, 3.8) is 0 Å². The maximum absolute atomic E-state index is 13.0. The van der Waals surface area contributed by atoms with E-state index in [0.717, 1.165) is 6.07 Å². The summed E-state index contributed by atoms with van der Waals surface area (Å²) in [4.78, 5) is 9.87. The minimum absolute atomic E-state index is 0.212. The van der Waals surface area contributed by atoms with Gasteiger partial charge in [0.05, 0.1) is 11.0 Å². The summed E-state index contributed by atoms with van der Waals surface area (Å²) >= 11 is 0. The topological polar surface area (TPSA) is 55.2 Å².